The van der Waals surface area contributed by atoms with Crippen molar-refractivity contribution in [1.29, 1.82) is 0 Å². The van der Waals surface area contributed by atoms with Crippen LogP contribution < -0.4 is 0 Å². The summed E-state index contributed by atoms with van der Waals surface area (Å²) in [7, 11) is -6.59. The zero-order valence-electron chi connectivity index (χ0n) is 23.3. The van der Waals surface area contributed by atoms with Crippen molar-refractivity contribution in [3.8, 4) is 0 Å². The molecule has 0 saturated heterocycles. The van der Waals surface area contributed by atoms with E-state index in [1.807, 2.05) is 6.92 Å². The summed E-state index contributed by atoms with van der Waals surface area (Å²) in [5, 5.41) is 9.60. The molecule has 0 heterocycles. The quantitative estimate of drug-likeness (QED) is 0.186. The molecule has 9 heteroatoms. The Kier molecular flexibility index (Phi) is 15.0. The molecule has 0 aromatic heterocycles. The molecule has 32 heavy (non-hydrogen) atoms. The standard InChI is InChI=1S/C12H28O4SSi.C11H26O2Si/c1-11(16-17(5,13)14)9-8-10-15-18(6,7)12(2,3)4;1-10(12)8-7-9-13-14(5,6)11(2,3)4/h11H,8-10H2,1-7H3;10,12H,7-9H2,1-6H3. The van der Waals surface area contributed by atoms with Crippen LogP contribution in [0.4, 0.5) is 0 Å². The molecule has 0 aromatic rings. The lowest BCUT2D eigenvalue weighted by molar-refractivity contribution is 0.168. The summed E-state index contributed by atoms with van der Waals surface area (Å²) in [6.07, 6.45) is 3.93. The monoisotopic (exact) mass is 514 g/mol. The van der Waals surface area contributed by atoms with Gasteiger partial charge in [0, 0.05) is 13.2 Å². The Morgan fingerprint density at radius 1 is 0.781 bits per heavy atom. The number of hydrogen-bond donors (Lipinski definition) is 1. The minimum Gasteiger partial charge on any atom is -0.417 e. The Bertz CT molecular complexity index is 605. The second-order valence-corrected chi connectivity index (χ2v) is 23.2. The molecule has 0 bridgehead atoms. The summed E-state index contributed by atoms with van der Waals surface area (Å²) < 4.78 is 38.7. The lowest BCUT2D eigenvalue weighted by Crippen LogP contribution is -2.41. The van der Waals surface area contributed by atoms with Crippen molar-refractivity contribution in [3.05, 3.63) is 0 Å². The average molecular weight is 515 g/mol. The van der Waals surface area contributed by atoms with Gasteiger partial charge in [0.15, 0.2) is 16.6 Å². The van der Waals surface area contributed by atoms with E-state index in [2.05, 4.69) is 67.7 Å². The molecular formula is C23H54O6SSi2. The van der Waals surface area contributed by atoms with Gasteiger partial charge < -0.3 is 14.0 Å². The van der Waals surface area contributed by atoms with E-state index in [4.69, 9.17) is 18.1 Å². The first kappa shape index (κ1) is 34.4. The van der Waals surface area contributed by atoms with Gasteiger partial charge in [0.05, 0.1) is 18.5 Å². The lowest BCUT2D eigenvalue weighted by atomic mass is 10.2. The van der Waals surface area contributed by atoms with Gasteiger partial charge in [-0.25, -0.2) is 0 Å². The molecule has 2 atom stereocenters. The van der Waals surface area contributed by atoms with Crippen LogP contribution in [0.25, 0.3) is 0 Å². The SMILES string of the molecule is CC(CCCO[Si](C)(C)C(C)(C)C)OS(C)(=O)=O.CC(O)CCCO[Si](C)(C)C(C)(C)C. The summed E-state index contributed by atoms with van der Waals surface area (Å²) in [4.78, 5) is 0. The molecule has 0 fully saturated rings. The predicted molar refractivity (Wildman–Crippen MR) is 142 cm³/mol. The summed E-state index contributed by atoms with van der Waals surface area (Å²) in [6.45, 7) is 27.3. The van der Waals surface area contributed by atoms with Crippen molar-refractivity contribution >= 4 is 26.8 Å². The minimum atomic E-state index is -3.34. The van der Waals surface area contributed by atoms with Crippen LogP contribution in [-0.2, 0) is 23.2 Å². The van der Waals surface area contributed by atoms with Crippen LogP contribution in [0.2, 0.25) is 36.3 Å². The smallest absolute Gasteiger partial charge is 0.264 e. The van der Waals surface area contributed by atoms with E-state index in [-0.39, 0.29) is 22.3 Å². The summed E-state index contributed by atoms with van der Waals surface area (Å²) >= 11 is 0. The summed E-state index contributed by atoms with van der Waals surface area (Å²) in [5.74, 6) is 0. The Labute approximate surface area is 202 Å². The van der Waals surface area contributed by atoms with Gasteiger partial charge in [-0.2, -0.15) is 8.42 Å². The number of aliphatic hydroxyl groups is 1. The Morgan fingerprint density at radius 3 is 1.41 bits per heavy atom. The predicted octanol–water partition coefficient (Wildman–Crippen LogP) is 6.32. The Balaban J connectivity index is 0. The van der Waals surface area contributed by atoms with Crippen LogP contribution in [0.1, 0.15) is 81.1 Å². The van der Waals surface area contributed by atoms with E-state index < -0.39 is 26.8 Å². The zero-order chi connectivity index (χ0) is 26.0. The van der Waals surface area contributed by atoms with E-state index in [9.17, 15) is 8.42 Å². The largest absolute Gasteiger partial charge is 0.417 e. The fourth-order valence-electron chi connectivity index (χ4n) is 2.18. The highest BCUT2D eigenvalue weighted by molar-refractivity contribution is 7.86. The molecule has 1 N–H and O–H groups in total. The van der Waals surface area contributed by atoms with Crippen LogP contribution in [0.15, 0.2) is 0 Å². The van der Waals surface area contributed by atoms with Crippen LogP contribution in [0.3, 0.4) is 0 Å². The first-order valence-corrected chi connectivity index (χ1v) is 19.5. The summed E-state index contributed by atoms with van der Waals surface area (Å²) in [5.41, 5.74) is 0. The lowest BCUT2D eigenvalue weighted by Gasteiger charge is -2.36. The molecule has 0 rings (SSSR count). The van der Waals surface area contributed by atoms with Gasteiger partial charge in [0.2, 0.25) is 0 Å². The Hall–Kier alpha value is 0.224. The van der Waals surface area contributed by atoms with Crippen LogP contribution in [-0.4, -0.2) is 61.8 Å². The van der Waals surface area contributed by atoms with Gasteiger partial charge in [-0.15, -0.1) is 0 Å². The highest BCUT2D eigenvalue weighted by Gasteiger charge is 2.37. The second kappa shape index (κ2) is 13.9. The number of hydrogen-bond acceptors (Lipinski definition) is 6. The highest BCUT2D eigenvalue weighted by atomic mass is 32.2. The molecule has 6 nitrogen and oxygen atoms in total. The normalized spacial score (nSPS) is 15.7. The van der Waals surface area contributed by atoms with Gasteiger partial charge in [-0.3, -0.25) is 4.18 Å². The van der Waals surface area contributed by atoms with E-state index in [1.54, 1.807) is 6.92 Å². The molecule has 2 unspecified atom stereocenters. The van der Waals surface area contributed by atoms with Crippen molar-refractivity contribution in [3.63, 3.8) is 0 Å². The van der Waals surface area contributed by atoms with Gasteiger partial charge in [-0.1, -0.05) is 41.5 Å². The van der Waals surface area contributed by atoms with E-state index in [0.29, 0.717) is 13.0 Å². The number of aliphatic hydroxyl groups excluding tert-OH is 1. The molecule has 0 spiro atoms. The topological polar surface area (TPSA) is 82.1 Å². The van der Waals surface area contributed by atoms with E-state index in [0.717, 1.165) is 32.1 Å². The van der Waals surface area contributed by atoms with Crippen molar-refractivity contribution in [1.82, 2.24) is 0 Å². The Morgan fingerprint density at radius 2 is 1.12 bits per heavy atom. The average Bonchev–Trinajstić information content (AvgIpc) is 2.52. The molecular weight excluding hydrogens is 460 g/mol. The minimum absolute atomic E-state index is 0.196. The third-order valence-electron chi connectivity index (χ3n) is 6.40. The first-order chi connectivity index (χ1) is 14.0. The van der Waals surface area contributed by atoms with Gasteiger partial charge in [-0.05, 0) is 75.8 Å². The molecule has 0 amide bonds. The molecule has 0 aromatic carbocycles. The van der Waals surface area contributed by atoms with Crippen molar-refractivity contribution in [2.75, 3.05) is 19.5 Å². The molecule has 0 aliphatic carbocycles. The van der Waals surface area contributed by atoms with Crippen molar-refractivity contribution in [2.24, 2.45) is 0 Å². The van der Waals surface area contributed by atoms with E-state index in [1.165, 1.54) is 0 Å². The maximum atomic E-state index is 10.9. The highest BCUT2D eigenvalue weighted by Crippen LogP contribution is 2.37. The maximum absolute atomic E-state index is 10.9. The van der Waals surface area contributed by atoms with Crippen LogP contribution in [0, 0.1) is 0 Å². The summed E-state index contributed by atoms with van der Waals surface area (Å²) in [6, 6.07) is 0. The molecule has 196 valence electrons. The van der Waals surface area contributed by atoms with Gasteiger partial charge in [0.1, 0.15) is 0 Å². The van der Waals surface area contributed by atoms with E-state index >= 15 is 0 Å². The fraction of sp³-hybridized carbons (Fsp3) is 1.00. The third kappa shape index (κ3) is 16.8. The van der Waals surface area contributed by atoms with Gasteiger partial charge in [0.25, 0.3) is 10.1 Å². The molecule has 0 radical (unpaired) electrons. The second-order valence-electron chi connectivity index (χ2n) is 12.0. The molecule has 0 saturated carbocycles. The number of rotatable bonds is 12. The van der Waals surface area contributed by atoms with Crippen LogP contribution in [0.5, 0.6) is 0 Å². The zero-order valence-corrected chi connectivity index (χ0v) is 26.1. The fourth-order valence-corrected chi connectivity index (χ4v) is 5.05. The van der Waals surface area contributed by atoms with Crippen molar-refractivity contribution in [2.45, 2.75) is 130 Å². The van der Waals surface area contributed by atoms with Crippen molar-refractivity contribution < 1.29 is 26.6 Å². The van der Waals surface area contributed by atoms with Gasteiger partial charge >= 0.3 is 0 Å². The van der Waals surface area contributed by atoms with Crippen LogP contribution >= 0.6 is 0 Å². The maximum Gasteiger partial charge on any atom is 0.264 e. The third-order valence-corrected chi connectivity index (χ3v) is 16.2. The molecule has 0 aliphatic heterocycles. The molecule has 0 aliphatic rings. The first-order valence-electron chi connectivity index (χ1n) is 11.9.